The fraction of sp³-hybridized carbons (Fsp3) is 0.167. The Kier molecular flexibility index (Phi) is 6.99. The predicted octanol–water partition coefficient (Wildman–Crippen LogP) is 2.51. The highest BCUT2D eigenvalue weighted by atomic mass is 79.9. The summed E-state index contributed by atoms with van der Waals surface area (Å²) in [5.41, 5.74) is 0.287. The summed E-state index contributed by atoms with van der Waals surface area (Å²) in [6.07, 6.45) is 6.74. The number of nitrogens with zero attached hydrogens (tertiary/aromatic N) is 1. The number of amides is 2. The van der Waals surface area contributed by atoms with Gasteiger partial charge in [-0.15, -0.1) is 6.42 Å². The van der Waals surface area contributed by atoms with Gasteiger partial charge in [-0.1, -0.05) is 21.9 Å². The molecule has 1 aromatic heterocycles. The van der Waals surface area contributed by atoms with Crippen molar-refractivity contribution in [2.75, 3.05) is 13.1 Å². The SMILES string of the molecule is C#CCNC(=O)CCNC(=O)c1cccnc1Oc1ccc(Br)cc1. The molecule has 7 heteroatoms. The first-order valence-electron chi connectivity index (χ1n) is 7.47. The zero-order valence-electron chi connectivity index (χ0n) is 13.3. The van der Waals surface area contributed by atoms with Crippen LogP contribution in [0.3, 0.4) is 0 Å². The Labute approximate surface area is 154 Å². The Balaban J connectivity index is 1.97. The Morgan fingerprint density at radius 3 is 2.68 bits per heavy atom. The number of carbonyl (C=O) groups is 2. The molecule has 0 saturated carbocycles. The average Bonchev–Trinajstić information content (AvgIpc) is 2.62. The quantitative estimate of drug-likeness (QED) is 0.698. The molecule has 0 spiro atoms. The first-order valence-corrected chi connectivity index (χ1v) is 8.26. The van der Waals surface area contributed by atoms with Crippen LogP contribution in [0, 0.1) is 12.3 Å². The fourth-order valence-electron chi connectivity index (χ4n) is 1.88. The predicted molar refractivity (Wildman–Crippen MR) is 97.2 cm³/mol. The second-order valence-electron chi connectivity index (χ2n) is 4.90. The molecule has 0 aliphatic heterocycles. The number of terminal acetylenes is 1. The maximum Gasteiger partial charge on any atom is 0.256 e. The summed E-state index contributed by atoms with van der Waals surface area (Å²) in [4.78, 5) is 27.9. The molecule has 0 bridgehead atoms. The third-order valence-corrected chi connectivity index (χ3v) is 3.60. The van der Waals surface area contributed by atoms with Crippen LogP contribution in [0.15, 0.2) is 47.1 Å². The lowest BCUT2D eigenvalue weighted by Crippen LogP contribution is -2.31. The molecule has 0 aliphatic rings. The number of pyridine rings is 1. The van der Waals surface area contributed by atoms with E-state index in [1.54, 1.807) is 24.3 Å². The van der Waals surface area contributed by atoms with E-state index in [4.69, 9.17) is 11.2 Å². The number of nitrogens with one attached hydrogen (secondary N) is 2. The van der Waals surface area contributed by atoms with Crippen molar-refractivity contribution in [2.45, 2.75) is 6.42 Å². The van der Waals surface area contributed by atoms with Crippen LogP contribution < -0.4 is 15.4 Å². The standard InChI is InChI=1S/C18H16BrN3O3/c1-2-10-20-16(23)9-12-21-17(24)15-4-3-11-22-18(15)25-14-7-5-13(19)6-8-14/h1,3-8,11H,9-10,12H2,(H,20,23)(H,21,24). The molecule has 0 aliphatic carbocycles. The summed E-state index contributed by atoms with van der Waals surface area (Å²) < 4.78 is 6.59. The van der Waals surface area contributed by atoms with Crippen molar-refractivity contribution in [1.29, 1.82) is 0 Å². The topological polar surface area (TPSA) is 80.3 Å². The summed E-state index contributed by atoms with van der Waals surface area (Å²) in [7, 11) is 0. The Morgan fingerprint density at radius 1 is 1.20 bits per heavy atom. The minimum absolute atomic E-state index is 0.136. The number of hydrogen-bond donors (Lipinski definition) is 2. The molecule has 6 nitrogen and oxygen atoms in total. The van der Waals surface area contributed by atoms with Gasteiger partial charge >= 0.3 is 0 Å². The van der Waals surface area contributed by atoms with E-state index in [-0.39, 0.29) is 42.8 Å². The van der Waals surface area contributed by atoms with Crippen molar-refractivity contribution in [3.05, 3.63) is 52.6 Å². The van der Waals surface area contributed by atoms with E-state index < -0.39 is 0 Å². The highest BCUT2D eigenvalue weighted by molar-refractivity contribution is 9.10. The molecule has 128 valence electrons. The van der Waals surface area contributed by atoms with Gasteiger partial charge in [0.2, 0.25) is 11.8 Å². The smallest absolute Gasteiger partial charge is 0.256 e. The Morgan fingerprint density at radius 2 is 1.96 bits per heavy atom. The van der Waals surface area contributed by atoms with Gasteiger partial charge in [-0.25, -0.2) is 4.98 Å². The molecular formula is C18H16BrN3O3. The van der Waals surface area contributed by atoms with E-state index in [1.807, 2.05) is 12.1 Å². The van der Waals surface area contributed by atoms with Crippen LogP contribution in [0.5, 0.6) is 11.6 Å². The number of halogens is 1. The molecular weight excluding hydrogens is 386 g/mol. The second-order valence-corrected chi connectivity index (χ2v) is 5.81. The van der Waals surface area contributed by atoms with Crippen LogP contribution in [0.25, 0.3) is 0 Å². The third kappa shape index (κ3) is 5.94. The van der Waals surface area contributed by atoms with E-state index >= 15 is 0 Å². The second kappa shape index (κ2) is 9.45. The Bertz CT molecular complexity index is 785. The Hall–Kier alpha value is -2.85. The molecule has 2 amide bonds. The first kappa shape index (κ1) is 18.5. The number of benzene rings is 1. The van der Waals surface area contributed by atoms with E-state index in [1.165, 1.54) is 6.20 Å². The van der Waals surface area contributed by atoms with Crippen molar-refractivity contribution in [3.8, 4) is 24.0 Å². The number of hydrogen-bond acceptors (Lipinski definition) is 4. The van der Waals surface area contributed by atoms with Crippen molar-refractivity contribution < 1.29 is 14.3 Å². The monoisotopic (exact) mass is 401 g/mol. The van der Waals surface area contributed by atoms with E-state index in [9.17, 15) is 9.59 Å². The summed E-state index contributed by atoms with van der Waals surface area (Å²) >= 11 is 3.35. The van der Waals surface area contributed by atoms with Crippen molar-refractivity contribution in [1.82, 2.24) is 15.6 Å². The minimum atomic E-state index is -0.370. The summed E-state index contributed by atoms with van der Waals surface area (Å²) in [6.45, 7) is 0.350. The molecule has 0 saturated heterocycles. The van der Waals surface area contributed by atoms with Crippen molar-refractivity contribution in [2.24, 2.45) is 0 Å². The van der Waals surface area contributed by atoms with Crippen LogP contribution in [-0.2, 0) is 4.79 Å². The third-order valence-electron chi connectivity index (χ3n) is 3.07. The van der Waals surface area contributed by atoms with Crippen LogP contribution in [0.1, 0.15) is 16.8 Å². The maximum absolute atomic E-state index is 12.3. The molecule has 0 radical (unpaired) electrons. The largest absolute Gasteiger partial charge is 0.438 e. The number of rotatable bonds is 7. The van der Waals surface area contributed by atoms with Gasteiger partial charge in [0.15, 0.2) is 0 Å². The van der Waals surface area contributed by atoms with E-state index in [0.29, 0.717) is 5.75 Å². The van der Waals surface area contributed by atoms with Crippen LogP contribution in [0.4, 0.5) is 0 Å². The van der Waals surface area contributed by atoms with Crippen LogP contribution in [0.2, 0.25) is 0 Å². The fourth-order valence-corrected chi connectivity index (χ4v) is 2.15. The molecule has 1 heterocycles. The van der Waals surface area contributed by atoms with Gasteiger partial charge in [-0.2, -0.15) is 0 Å². The molecule has 0 unspecified atom stereocenters. The van der Waals surface area contributed by atoms with Gasteiger partial charge in [0.25, 0.3) is 5.91 Å². The average molecular weight is 402 g/mol. The lowest BCUT2D eigenvalue weighted by Gasteiger charge is -2.10. The molecule has 2 N–H and O–H groups in total. The lowest BCUT2D eigenvalue weighted by molar-refractivity contribution is -0.120. The first-order chi connectivity index (χ1) is 12.1. The highest BCUT2D eigenvalue weighted by Gasteiger charge is 2.14. The molecule has 25 heavy (non-hydrogen) atoms. The van der Waals surface area contributed by atoms with Crippen molar-refractivity contribution >= 4 is 27.7 Å². The molecule has 0 fully saturated rings. The summed E-state index contributed by atoms with van der Waals surface area (Å²) in [5, 5.41) is 5.19. The zero-order valence-corrected chi connectivity index (χ0v) is 14.9. The molecule has 2 rings (SSSR count). The number of ether oxygens (including phenoxy) is 1. The van der Waals surface area contributed by atoms with Gasteiger partial charge < -0.3 is 15.4 Å². The van der Waals surface area contributed by atoms with E-state index in [0.717, 1.165) is 4.47 Å². The number of aromatic nitrogens is 1. The van der Waals surface area contributed by atoms with Crippen LogP contribution >= 0.6 is 15.9 Å². The van der Waals surface area contributed by atoms with Crippen LogP contribution in [-0.4, -0.2) is 29.9 Å². The van der Waals surface area contributed by atoms with E-state index in [2.05, 4.69) is 37.5 Å². The normalized spacial score (nSPS) is 9.76. The zero-order chi connectivity index (χ0) is 18.1. The molecule has 2 aromatic rings. The maximum atomic E-state index is 12.3. The van der Waals surface area contributed by atoms with Gasteiger partial charge in [0, 0.05) is 23.6 Å². The van der Waals surface area contributed by atoms with Gasteiger partial charge in [-0.3, -0.25) is 9.59 Å². The summed E-state index contributed by atoms with van der Waals surface area (Å²) in [6, 6.07) is 10.4. The number of carbonyl (C=O) groups excluding carboxylic acids is 2. The van der Waals surface area contributed by atoms with Crippen molar-refractivity contribution in [3.63, 3.8) is 0 Å². The summed E-state index contributed by atoms with van der Waals surface area (Å²) in [5.74, 6) is 2.47. The lowest BCUT2D eigenvalue weighted by atomic mass is 10.2. The highest BCUT2D eigenvalue weighted by Crippen LogP contribution is 2.24. The van der Waals surface area contributed by atoms with Gasteiger partial charge in [0.05, 0.1) is 6.54 Å². The van der Waals surface area contributed by atoms with Gasteiger partial charge in [0.1, 0.15) is 11.3 Å². The molecule has 0 atom stereocenters. The molecule has 1 aromatic carbocycles. The minimum Gasteiger partial charge on any atom is -0.438 e. The van der Waals surface area contributed by atoms with Gasteiger partial charge in [-0.05, 0) is 36.4 Å².